The van der Waals surface area contributed by atoms with E-state index in [-0.39, 0.29) is 48.6 Å². The summed E-state index contributed by atoms with van der Waals surface area (Å²) < 4.78 is 0. The maximum atomic E-state index is 13.4. The van der Waals surface area contributed by atoms with Gasteiger partial charge in [-0.2, -0.15) is 0 Å². The molecule has 210 valence electrons. The summed E-state index contributed by atoms with van der Waals surface area (Å²) in [5, 5.41) is 17.3. The van der Waals surface area contributed by atoms with Gasteiger partial charge in [0.25, 0.3) is 5.91 Å². The van der Waals surface area contributed by atoms with Crippen LogP contribution in [0.15, 0.2) is 18.2 Å². The van der Waals surface area contributed by atoms with E-state index in [1.165, 1.54) is 17.9 Å². The van der Waals surface area contributed by atoms with E-state index >= 15 is 0 Å². The highest BCUT2D eigenvalue weighted by Crippen LogP contribution is 2.25. The van der Waals surface area contributed by atoms with Gasteiger partial charge in [0.2, 0.25) is 5.91 Å². The lowest BCUT2D eigenvalue weighted by molar-refractivity contribution is -0.137. The van der Waals surface area contributed by atoms with Crippen LogP contribution in [0.1, 0.15) is 62.7 Å². The van der Waals surface area contributed by atoms with Gasteiger partial charge in [-0.15, -0.1) is 0 Å². The summed E-state index contributed by atoms with van der Waals surface area (Å²) >= 11 is 0. The van der Waals surface area contributed by atoms with Crippen LogP contribution in [0.2, 0.25) is 0 Å². The van der Waals surface area contributed by atoms with Crippen molar-refractivity contribution in [3.63, 3.8) is 0 Å². The predicted octanol–water partition coefficient (Wildman–Crippen LogP) is 0.510. The number of nitrogens with one attached hydrogen (secondary N) is 3. The standard InChI is InChI=1S/C26H40N6O6/c1-16(30-21(6-3-4-11-27)23(34)15-29-12-10-24(35)36)25(37)22-7-5-13-32(22)26(38)18-8-9-20(19(28)14-18)31-17(2)33/h8-9,14,16,21-22,29-30H,3-7,10-13,15,27-28H2,1-2H3,(H,31,33)(H,35,36). The van der Waals surface area contributed by atoms with Crippen LogP contribution in [0.4, 0.5) is 11.4 Å². The van der Waals surface area contributed by atoms with E-state index in [9.17, 15) is 24.0 Å². The molecule has 0 saturated carbocycles. The molecule has 8 N–H and O–H groups in total. The molecule has 1 saturated heterocycles. The number of benzene rings is 1. The second kappa shape index (κ2) is 15.2. The first-order chi connectivity index (χ1) is 18.0. The quantitative estimate of drug-likeness (QED) is 0.129. The molecule has 12 heteroatoms. The molecule has 38 heavy (non-hydrogen) atoms. The number of rotatable bonds is 16. The minimum absolute atomic E-state index is 0.0155. The molecule has 3 atom stereocenters. The molecule has 2 rings (SSSR count). The summed E-state index contributed by atoms with van der Waals surface area (Å²) in [5.74, 6) is -1.91. The van der Waals surface area contributed by atoms with Crippen LogP contribution < -0.4 is 27.4 Å². The normalized spacial score (nSPS) is 16.6. The van der Waals surface area contributed by atoms with Crippen molar-refractivity contribution in [3.05, 3.63) is 23.8 Å². The van der Waals surface area contributed by atoms with Crippen molar-refractivity contribution < 1.29 is 29.1 Å². The number of hydrogen-bond donors (Lipinski definition) is 6. The largest absolute Gasteiger partial charge is 0.481 e. The number of Topliss-reactive ketones (excluding diaryl/α,β-unsaturated/α-hetero) is 2. The fraction of sp³-hybridized carbons (Fsp3) is 0.577. The van der Waals surface area contributed by atoms with Crippen LogP contribution in [0, 0.1) is 0 Å². The second-order valence-corrected chi connectivity index (χ2v) is 9.55. The van der Waals surface area contributed by atoms with Crippen LogP contribution >= 0.6 is 0 Å². The Bertz CT molecular complexity index is 1020. The van der Waals surface area contributed by atoms with E-state index in [4.69, 9.17) is 16.6 Å². The number of ketones is 2. The Morgan fingerprint density at radius 1 is 1.18 bits per heavy atom. The van der Waals surface area contributed by atoms with Gasteiger partial charge in [0.15, 0.2) is 11.6 Å². The smallest absolute Gasteiger partial charge is 0.304 e. The first kappa shape index (κ1) is 30.9. The van der Waals surface area contributed by atoms with Gasteiger partial charge in [0.05, 0.1) is 42.5 Å². The molecule has 1 aliphatic rings. The Hall–Kier alpha value is -3.35. The molecule has 1 aromatic carbocycles. The number of hydrogen-bond acceptors (Lipinski definition) is 9. The molecule has 0 aromatic heterocycles. The number of nitrogens with two attached hydrogens (primary N) is 2. The molecule has 0 spiro atoms. The predicted molar refractivity (Wildman–Crippen MR) is 144 cm³/mol. The Kier molecular flexibility index (Phi) is 12.3. The average Bonchev–Trinajstić information content (AvgIpc) is 3.35. The number of likely N-dealkylation sites (tertiary alicyclic amines) is 1. The molecule has 1 aliphatic heterocycles. The second-order valence-electron chi connectivity index (χ2n) is 9.55. The molecule has 1 heterocycles. The highest BCUT2D eigenvalue weighted by Gasteiger charge is 2.37. The van der Waals surface area contributed by atoms with Crippen LogP contribution in [-0.2, 0) is 19.2 Å². The summed E-state index contributed by atoms with van der Waals surface area (Å²) in [7, 11) is 0. The zero-order valence-electron chi connectivity index (χ0n) is 22.1. The van der Waals surface area contributed by atoms with Crippen molar-refractivity contribution in [2.75, 3.05) is 37.2 Å². The zero-order chi connectivity index (χ0) is 28.2. The summed E-state index contributed by atoms with van der Waals surface area (Å²) in [6.45, 7) is 4.10. The SMILES string of the molecule is CC(=O)Nc1ccc(C(=O)N2CCCC2C(=O)C(C)NC(CCCCN)C(=O)CNCCC(=O)O)cc1N. The van der Waals surface area contributed by atoms with Crippen molar-refractivity contribution in [2.24, 2.45) is 5.73 Å². The number of carboxylic acid groups (broad SMARTS) is 1. The molecular formula is C26H40N6O6. The fourth-order valence-corrected chi connectivity index (χ4v) is 4.50. The molecule has 0 bridgehead atoms. The molecule has 1 aromatic rings. The van der Waals surface area contributed by atoms with E-state index in [1.54, 1.807) is 19.1 Å². The number of carboxylic acids is 1. The maximum Gasteiger partial charge on any atom is 0.304 e. The van der Waals surface area contributed by atoms with E-state index < -0.39 is 24.1 Å². The highest BCUT2D eigenvalue weighted by molar-refractivity contribution is 6.01. The lowest BCUT2D eigenvalue weighted by Crippen LogP contribution is -2.53. The van der Waals surface area contributed by atoms with Crippen LogP contribution in [0.3, 0.4) is 0 Å². The lowest BCUT2D eigenvalue weighted by atomic mass is 9.99. The molecule has 1 fully saturated rings. The van der Waals surface area contributed by atoms with E-state index in [0.717, 1.165) is 6.42 Å². The van der Waals surface area contributed by atoms with Crippen LogP contribution in [0.5, 0.6) is 0 Å². The Morgan fingerprint density at radius 3 is 2.55 bits per heavy atom. The van der Waals surface area contributed by atoms with Gasteiger partial charge in [-0.3, -0.25) is 29.3 Å². The number of carbonyl (C=O) groups is 5. The maximum absolute atomic E-state index is 13.4. The minimum Gasteiger partial charge on any atom is -0.481 e. The highest BCUT2D eigenvalue weighted by atomic mass is 16.4. The number of unbranched alkanes of at least 4 members (excludes halogenated alkanes) is 1. The average molecular weight is 533 g/mol. The Morgan fingerprint density at radius 2 is 1.92 bits per heavy atom. The van der Waals surface area contributed by atoms with Gasteiger partial charge in [0.1, 0.15) is 0 Å². The fourth-order valence-electron chi connectivity index (χ4n) is 4.50. The van der Waals surface area contributed by atoms with Gasteiger partial charge in [0, 0.05) is 25.6 Å². The number of nitrogens with zero attached hydrogens (tertiary/aromatic N) is 1. The number of amides is 2. The van der Waals surface area contributed by atoms with E-state index in [0.29, 0.717) is 50.0 Å². The van der Waals surface area contributed by atoms with Gasteiger partial charge in [-0.05, 0) is 57.4 Å². The van der Waals surface area contributed by atoms with Crippen molar-refractivity contribution in [3.8, 4) is 0 Å². The summed E-state index contributed by atoms with van der Waals surface area (Å²) in [6, 6.07) is 2.67. The zero-order valence-corrected chi connectivity index (χ0v) is 22.1. The number of aliphatic carboxylic acids is 1. The number of nitrogen functional groups attached to an aromatic ring is 1. The third-order valence-electron chi connectivity index (χ3n) is 6.48. The monoisotopic (exact) mass is 532 g/mol. The first-order valence-electron chi connectivity index (χ1n) is 13.0. The molecular weight excluding hydrogens is 492 g/mol. The number of carbonyl (C=O) groups excluding carboxylic acids is 4. The van der Waals surface area contributed by atoms with Crippen LogP contribution in [-0.4, -0.2) is 83.7 Å². The van der Waals surface area contributed by atoms with Gasteiger partial charge in [-0.1, -0.05) is 6.42 Å². The minimum atomic E-state index is -0.955. The molecule has 3 unspecified atom stereocenters. The summed E-state index contributed by atoms with van der Waals surface area (Å²) in [4.78, 5) is 63.1. The first-order valence-corrected chi connectivity index (χ1v) is 13.0. The van der Waals surface area contributed by atoms with Crippen LogP contribution in [0.25, 0.3) is 0 Å². The topological polar surface area (TPSA) is 197 Å². The van der Waals surface area contributed by atoms with Crippen molar-refractivity contribution in [2.45, 2.75) is 70.5 Å². The van der Waals surface area contributed by atoms with Gasteiger partial charge < -0.3 is 32.1 Å². The lowest BCUT2D eigenvalue weighted by Gasteiger charge is -2.28. The summed E-state index contributed by atoms with van der Waals surface area (Å²) in [5.41, 5.74) is 12.6. The molecule has 2 amide bonds. The van der Waals surface area contributed by atoms with Crippen molar-refractivity contribution in [1.29, 1.82) is 0 Å². The molecule has 12 nitrogen and oxygen atoms in total. The third-order valence-corrected chi connectivity index (χ3v) is 6.48. The Balaban J connectivity index is 2.06. The summed E-state index contributed by atoms with van der Waals surface area (Å²) in [6.07, 6.45) is 3.00. The van der Waals surface area contributed by atoms with E-state index in [2.05, 4.69) is 16.0 Å². The number of anilines is 2. The van der Waals surface area contributed by atoms with Gasteiger partial charge >= 0.3 is 5.97 Å². The third kappa shape index (κ3) is 9.19. The Labute approximate surface area is 222 Å². The van der Waals surface area contributed by atoms with Gasteiger partial charge in [-0.25, -0.2) is 0 Å². The van der Waals surface area contributed by atoms with Crippen molar-refractivity contribution >= 4 is 40.7 Å². The van der Waals surface area contributed by atoms with E-state index in [1.807, 2.05) is 0 Å². The van der Waals surface area contributed by atoms with Crippen molar-refractivity contribution in [1.82, 2.24) is 15.5 Å². The molecule has 0 aliphatic carbocycles. The molecule has 0 radical (unpaired) electrons.